The van der Waals surface area contributed by atoms with Gasteiger partial charge in [0.15, 0.2) is 0 Å². The number of carbonyl (C=O) groups is 3. The topological polar surface area (TPSA) is 78.9 Å². The molecule has 2 aliphatic heterocycles. The molecule has 2 saturated heterocycles. The molecule has 0 bridgehead atoms. The molecule has 1 aliphatic carbocycles. The average molecular weight is 453 g/mol. The van der Waals surface area contributed by atoms with Gasteiger partial charge < -0.3 is 13.9 Å². The molecule has 0 spiro atoms. The normalized spacial score (nSPS) is 38.2. The fourth-order valence-corrected chi connectivity index (χ4v) is 13.1. The Morgan fingerprint density at radius 3 is 2.03 bits per heavy atom. The maximum Gasteiger partial charge on any atom is 0.307 e. The zero-order chi connectivity index (χ0) is 23.6. The van der Waals surface area contributed by atoms with Gasteiger partial charge in [-0.25, -0.2) is 0 Å². The predicted molar refractivity (Wildman–Crippen MR) is 120 cm³/mol. The molecule has 1 saturated carbocycles. The van der Waals surface area contributed by atoms with Gasteiger partial charge in [0, 0.05) is 11.8 Å². The molecule has 0 amide bonds. The summed E-state index contributed by atoms with van der Waals surface area (Å²) in [5.41, 5.74) is -1.72. The number of cyclic esters (lactones) is 1. The first-order chi connectivity index (χ1) is 14.2. The van der Waals surface area contributed by atoms with Gasteiger partial charge in [0.05, 0.1) is 18.9 Å². The number of hydrogen-bond acceptors (Lipinski definition) is 6. The van der Waals surface area contributed by atoms with Crippen LogP contribution in [-0.2, 0) is 28.3 Å². The highest BCUT2D eigenvalue weighted by Crippen LogP contribution is 2.69. The van der Waals surface area contributed by atoms with Crippen molar-refractivity contribution < 1.29 is 28.3 Å². The highest BCUT2D eigenvalue weighted by atomic mass is 28.4. The largest absolute Gasteiger partial charge is 0.464 e. The van der Waals surface area contributed by atoms with Gasteiger partial charge in [0.1, 0.15) is 23.4 Å². The van der Waals surface area contributed by atoms with Crippen molar-refractivity contribution in [1.82, 2.24) is 0 Å². The number of ketones is 1. The molecule has 0 aromatic heterocycles. The van der Waals surface area contributed by atoms with Crippen LogP contribution < -0.4 is 0 Å². The van der Waals surface area contributed by atoms with E-state index >= 15 is 0 Å². The van der Waals surface area contributed by atoms with Crippen LogP contribution in [0.3, 0.4) is 0 Å². The summed E-state index contributed by atoms with van der Waals surface area (Å²) in [4.78, 5) is 38.4. The molecule has 2 heterocycles. The molecule has 5 atom stereocenters. The van der Waals surface area contributed by atoms with Crippen LogP contribution in [0.15, 0.2) is 0 Å². The van der Waals surface area contributed by atoms with Gasteiger partial charge in [-0.2, -0.15) is 0 Å². The number of carbonyl (C=O) groups excluding carboxylic acids is 3. The molecule has 0 aromatic carbocycles. The SMILES string of the molecule is CC(=O)[C@@]1(C)COC(=O)C[C@]23CC(=O)O[C@@]21C[C@@H](O[Si](C(C)C)(C(C)C)C(C)C)[C@H]3C. The van der Waals surface area contributed by atoms with E-state index in [4.69, 9.17) is 13.9 Å². The Balaban J connectivity index is 2.16. The lowest BCUT2D eigenvalue weighted by molar-refractivity contribution is -0.178. The van der Waals surface area contributed by atoms with Crippen LogP contribution in [0.2, 0.25) is 16.6 Å². The zero-order valence-corrected chi connectivity index (χ0v) is 21.7. The second-order valence-electron chi connectivity index (χ2n) is 11.3. The molecule has 3 aliphatic rings. The fourth-order valence-electron chi connectivity index (χ4n) is 7.43. The summed E-state index contributed by atoms with van der Waals surface area (Å²) in [5, 5.41) is 0. The predicted octanol–water partition coefficient (Wildman–Crippen LogP) is 4.80. The maximum atomic E-state index is 13.0. The monoisotopic (exact) mass is 452 g/mol. The van der Waals surface area contributed by atoms with E-state index in [1.165, 1.54) is 6.92 Å². The van der Waals surface area contributed by atoms with E-state index in [-0.39, 0.29) is 49.2 Å². The Morgan fingerprint density at radius 1 is 1.03 bits per heavy atom. The summed E-state index contributed by atoms with van der Waals surface area (Å²) in [6.07, 6.45) is 0.484. The van der Waals surface area contributed by atoms with Gasteiger partial charge in [-0.1, -0.05) is 48.5 Å². The van der Waals surface area contributed by atoms with Gasteiger partial charge in [0.2, 0.25) is 8.32 Å². The molecule has 3 rings (SSSR count). The first-order valence-corrected chi connectivity index (χ1v) is 13.9. The first kappa shape index (κ1) is 24.4. The molecule has 0 unspecified atom stereocenters. The van der Waals surface area contributed by atoms with E-state index in [1.54, 1.807) is 6.92 Å². The summed E-state index contributed by atoms with van der Waals surface area (Å²) < 4.78 is 18.8. The van der Waals surface area contributed by atoms with Crippen LogP contribution in [-0.4, -0.2) is 44.4 Å². The standard InChI is InChI=1S/C24H40O6Si/c1-14(2)31(15(3)4,16(5)6)30-19-10-24-22(9,18(8)25)13-28-20(26)11-23(24,17(19)7)12-21(27)29-24/h14-17,19H,10-13H2,1-9H3/t17-,19-,22-,23-,24-/m1/s1. The van der Waals surface area contributed by atoms with Crippen LogP contribution in [0, 0.1) is 16.7 Å². The number of ether oxygens (including phenoxy) is 2. The summed E-state index contributed by atoms with van der Waals surface area (Å²) in [5.74, 6) is -0.909. The summed E-state index contributed by atoms with van der Waals surface area (Å²) in [6.45, 7) is 18.8. The highest BCUT2D eigenvalue weighted by molar-refractivity contribution is 6.77. The average Bonchev–Trinajstić information content (AvgIpc) is 3.01. The molecule has 3 fully saturated rings. The highest BCUT2D eigenvalue weighted by Gasteiger charge is 2.78. The van der Waals surface area contributed by atoms with Crippen molar-refractivity contribution >= 4 is 26.0 Å². The van der Waals surface area contributed by atoms with Crippen LogP contribution >= 0.6 is 0 Å². The molecule has 31 heavy (non-hydrogen) atoms. The molecular weight excluding hydrogens is 412 g/mol. The van der Waals surface area contributed by atoms with Crippen LogP contribution in [0.4, 0.5) is 0 Å². The second-order valence-corrected chi connectivity index (χ2v) is 16.7. The van der Waals surface area contributed by atoms with Crippen LogP contribution in [0.1, 0.15) is 81.6 Å². The molecule has 0 aromatic rings. The molecule has 7 heteroatoms. The van der Waals surface area contributed by atoms with Gasteiger partial charge in [0.25, 0.3) is 0 Å². The minimum Gasteiger partial charge on any atom is -0.464 e. The van der Waals surface area contributed by atoms with Gasteiger partial charge in [-0.05, 0) is 36.4 Å². The van der Waals surface area contributed by atoms with E-state index in [0.29, 0.717) is 23.0 Å². The van der Waals surface area contributed by atoms with Crippen molar-refractivity contribution in [2.24, 2.45) is 16.7 Å². The minimum absolute atomic E-state index is 0.0588. The second kappa shape index (κ2) is 7.68. The van der Waals surface area contributed by atoms with E-state index in [1.807, 2.05) is 0 Å². The van der Waals surface area contributed by atoms with Crippen molar-refractivity contribution in [3.63, 3.8) is 0 Å². The van der Waals surface area contributed by atoms with Gasteiger partial charge >= 0.3 is 11.9 Å². The van der Waals surface area contributed by atoms with Crippen molar-refractivity contribution in [1.29, 1.82) is 0 Å². The zero-order valence-electron chi connectivity index (χ0n) is 20.7. The molecule has 0 N–H and O–H groups in total. The Labute approximate surface area is 187 Å². The fraction of sp³-hybridized carbons (Fsp3) is 0.875. The summed E-state index contributed by atoms with van der Waals surface area (Å²) in [6, 6.07) is 0. The third-order valence-corrected chi connectivity index (χ3v) is 15.3. The quantitative estimate of drug-likeness (QED) is 0.425. The van der Waals surface area contributed by atoms with Crippen molar-refractivity contribution in [2.75, 3.05) is 6.61 Å². The Morgan fingerprint density at radius 2 is 1.55 bits per heavy atom. The van der Waals surface area contributed by atoms with Crippen molar-refractivity contribution in [2.45, 2.75) is 110 Å². The smallest absolute Gasteiger partial charge is 0.307 e. The number of rotatable bonds is 6. The lowest BCUT2D eigenvalue weighted by Gasteiger charge is -2.47. The lowest BCUT2D eigenvalue weighted by atomic mass is 9.57. The number of hydrogen-bond donors (Lipinski definition) is 0. The van der Waals surface area contributed by atoms with E-state index in [0.717, 1.165) is 0 Å². The third kappa shape index (κ3) is 3.09. The Kier molecular flexibility index (Phi) is 6.05. The number of Topliss-reactive ketones (excluding diaryl/α,β-unsaturated/α-hetero) is 1. The Hall–Kier alpha value is -1.21. The van der Waals surface area contributed by atoms with E-state index < -0.39 is 24.7 Å². The Bertz CT molecular complexity index is 754. The molecule has 0 radical (unpaired) electrons. The molecule has 176 valence electrons. The minimum atomic E-state index is -2.21. The maximum absolute atomic E-state index is 13.0. The van der Waals surface area contributed by atoms with Crippen molar-refractivity contribution in [3.05, 3.63) is 0 Å². The summed E-state index contributed by atoms with van der Waals surface area (Å²) in [7, 11) is -2.21. The van der Waals surface area contributed by atoms with Gasteiger partial charge in [-0.15, -0.1) is 0 Å². The summed E-state index contributed by atoms with van der Waals surface area (Å²) >= 11 is 0. The first-order valence-electron chi connectivity index (χ1n) is 11.8. The van der Waals surface area contributed by atoms with Gasteiger partial charge in [-0.3, -0.25) is 14.4 Å². The van der Waals surface area contributed by atoms with E-state index in [9.17, 15) is 14.4 Å². The molecule has 6 nitrogen and oxygen atoms in total. The number of esters is 2. The lowest BCUT2D eigenvalue weighted by Crippen LogP contribution is -2.58. The third-order valence-electron chi connectivity index (χ3n) is 9.18. The van der Waals surface area contributed by atoms with E-state index in [2.05, 4.69) is 48.5 Å². The van der Waals surface area contributed by atoms with Crippen LogP contribution in [0.25, 0.3) is 0 Å². The van der Waals surface area contributed by atoms with Crippen molar-refractivity contribution in [3.8, 4) is 0 Å². The van der Waals surface area contributed by atoms with Crippen LogP contribution in [0.5, 0.6) is 0 Å². The molecular formula is C24H40O6Si.